The molecule has 2 heterocycles. The molecule has 1 fully saturated rings. The Bertz CT molecular complexity index is 720. The molecule has 2 atom stereocenters. The van der Waals surface area contributed by atoms with Crippen molar-refractivity contribution in [2.45, 2.75) is 29.9 Å². The zero-order valence-electron chi connectivity index (χ0n) is 12.0. The molecule has 0 bridgehead atoms. The van der Waals surface area contributed by atoms with Crippen LogP contribution in [0.5, 0.6) is 0 Å². The van der Waals surface area contributed by atoms with Gasteiger partial charge in [0.15, 0.2) is 0 Å². The Morgan fingerprint density at radius 3 is 2.64 bits per heavy atom. The van der Waals surface area contributed by atoms with E-state index in [-0.39, 0.29) is 4.90 Å². The predicted octanol–water partition coefficient (Wildman–Crippen LogP) is 1.45. The lowest BCUT2D eigenvalue weighted by atomic mass is 10.0. The van der Waals surface area contributed by atoms with E-state index in [2.05, 4.69) is 4.98 Å². The SMILES string of the molecule is O=S(=O)(c1ccccc1)N1CC[C@@H](O)[C@H]1Cc1cccnc1. The number of hydrogen-bond donors (Lipinski definition) is 1. The summed E-state index contributed by atoms with van der Waals surface area (Å²) in [4.78, 5) is 4.31. The molecule has 0 amide bonds. The molecule has 5 nitrogen and oxygen atoms in total. The highest BCUT2D eigenvalue weighted by Gasteiger charge is 2.40. The zero-order chi connectivity index (χ0) is 15.6. The molecule has 6 heteroatoms. The molecular formula is C16H18N2O3S. The molecule has 1 N–H and O–H groups in total. The second-order valence-electron chi connectivity index (χ2n) is 5.42. The summed E-state index contributed by atoms with van der Waals surface area (Å²) in [5.41, 5.74) is 0.918. The van der Waals surface area contributed by atoms with Crippen LogP contribution in [0.25, 0.3) is 0 Å². The summed E-state index contributed by atoms with van der Waals surface area (Å²) in [6.07, 6.45) is 3.64. The van der Waals surface area contributed by atoms with Crippen molar-refractivity contribution in [1.82, 2.24) is 9.29 Å². The van der Waals surface area contributed by atoms with E-state index >= 15 is 0 Å². The van der Waals surface area contributed by atoms with Crippen LogP contribution in [0.3, 0.4) is 0 Å². The fourth-order valence-electron chi connectivity index (χ4n) is 2.83. The van der Waals surface area contributed by atoms with Crippen molar-refractivity contribution in [2.75, 3.05) is 6.54 Å². The van der Waals surface area contributed by atoms with Crippen molar-refractivity contribution < 1.29 is 13.5 Å². The minimum Gasteiger partial charge on any atom is -0.391 e. The largest absolute Gasteiger partial charge is 0.391 e. The van der Waals surface area contributed by atoms with Gasteiger partial charge in [-0.2, -0.15) is 4.31 Å². The summed E-state index contributed by atoms with van der Waals surface area (Å²) in [6, 6.07) is 11.6. The van der Waals surface area contributed by atoms with Crippen LogP contribution < -0.4 is 0 Å². The first-order chi connectivity index (χ1) is 10.6. The maximum Gasteiger partial charge on any atom is 0.243 e. The van der Waals surface area contributed by atoms with Gasteiger partial charge in [0.05, 0.1) is 17.0 Å². The Kier molecular flexibility index (Phi) is 4.24. The highest BCUT2D eigenvalue weighted by Crippen LogP contribution is 2.28. The standard InChI is InChI=1S/C16H18N2O3S/c19-16-8-10-18(15(16)11-13-5-4-9-17-12-13)22(20,21)14-6-2-1-3-7-14/h1-7,9,12,15-16,19H,8,10-11H2/t15-,16-/m1/s1. The van der Waals surface area contributed by atoms with E-state index < -0.39 is 22.2 Å². The molecule has 22 heavy (non-hydrogen) atoms. The Hall–Kier alpha value is -1.76. The maximum atomic E-state index is 12.8. The van der Waals surface area contributed by atoms with Crippen molar-refractivity contribution in [1.29, 1.82) is 0 Å². The minimum absolute atomic E-state index is 0.264. The van der Waals surface area contributed by atoms with Gasteiger partial charge >= 0.3 is 0 Å². The molecule has 0 saturated carbocycles. The first kappa shape index (κ1) is 15.1. The molecule has 2 aromatic rings. The number of pyridine rings is 1. The monoisotopic (exact) mass is 318 g/mol. The first-order valence-corrected chi connectivity index (χ1v) is 8.67. The average molecular weight is 318 g/mol. The summed E-state index contributed by atoms with van der Waals surface area (Å²) < 4.78 is 27.0. The number of rotatable bonds is 4. The fraction of sp³-hybridized carbons (Fsp3) is 0.312. The quantitative estimate of drug-likeness (QED) is 0.926. The highest BCUT2D eigenvalue weighted by molar-refractivity contribution is 7.89. The van der Waals surface area contributed by atoms with E-state index in [0.717, 1.165) is 5.56 Å². The molecule has 0 spiro atoms. The molecule has 1 aromatic heterocycles. The van der Waals surface area contributed by atoms with Gasteiger partial charge in [0, 0.05) is 18.9 Å². The van der Waals surface area contributed by atoms with E-state index in [0.29, 0.717) is 19.4 Å². The minimum atomic E-state index is -3.59. The third kappa shape index (κ3) is 2.90. The van der Waals surface area contributed by atoms with Crippen LogP contribution in [0.15, 0.2) is 59.8 Å². The Morgan fingerprint density at radius 2 is 1.95 bits per heavy atom. The number of aromatic nitrogens is 1. The highest BCUT2D eigenvalue weighted by atomic mass is 32.2. The molecule has 116 valence electrons. The number of nitrogens with zero attached hydrogens (tertiary/aromatic N) is 2. The Balaban J connectivity index is 1.89. The number of aliphatic hydroxyl groups is 1. The van der Waals surface area contributed by atoms with Crippen molar-refractivity contribution in [3.05, 3.63) is 60.4 Å². The van der Waals surface area contributed by atoms with Crippen LogP contribution in [0, 0.1) is 0 Å². The van der Waals surface area contributed by atoms with Gasteiger partial charge in [-0.25, -0.2) is 8.42 Å². The van der Waals surface area contributed by atoms with E-state index in [1.807, 2.05) is 12.1 Å². The van der Waals surface area contributed by atoms with Gasteiger partial charge in [-0.05, 0) is 36.6 Å². The van der Waals surface area contributed by atoms with Gasteiger partial charge < -0.3 is 5.11 Å². The summed E-state index contributed by atoms with van der Waals surface area (Å²) in [5.74, 6) is 0. The summed E-state index contributed by atoms with van der Waals surface area (Å²) >= 11 is 0. The predicted molar refractivity (Wildman–Crippen MR) is 82.7 cm³/mol. The number of aliphatic hydroxyl groups excluding tert-OH is 1. The molecule has 1 aliphatic rings. The normalized spacial score (nSPS) is 22.8. The molecule has 1 saturated heterocycles. The third-order valence-corrected chi connectivity index (χ3v) is 5.92. The molecule has 0 aliphatic carbocycles. The zero-order valence-corrected chi connectivity index (χ0v) is 12.9. The summed E-state index contributed by atoms with van der Waals surface area (Å²) in [6.45, 7) is 0.337. The molecule has 0 unspecified atom stereocenters. The van der Waals surface area contributed by atoms with Gasteiger partial charge in [0.2, 0.25) is 10.0 Å². The molecule has 1 aromatic carbocycles. The van der Waals surface area contributed by atoms with Gasteiger partial charge in [-0.3, -0.25) is 4.98 Å². The smallest absolute Gasteiger partial charge is 0.243 e. The van der Waals surface area contributed by atoms with Gasteiger partial charge in [-0.15, -0.1) is 0 Å². The van der Waals surface area contributed by atoms with Crippen molar-refractivity contribution >= 4 is 10.0 Å². The molecule has 0 radical (unpaired) electrons. The lowest BCUT2D eigenvalue weighted by Crippen LogP contribution is -2.41. The van der Waals surface area contributed by atoms with E-state index in [1.54, 1.807) is 42.7 Å². The van der Waals surface area contributed by atoms with Gasteiger partial charge in [-0.1, -0.05) is 24.3 Å². The number of benzene rings is 1. The topological polar surface area (TPSA) is 70.5 Å². The van der Waals surface area contributed by atoms with Crippen LogP contribution in [0.4, 0.5) is 0 Å². The second kappa shape index (κ2) is 6.16. The molecule has 1 aliphatic heterocycles. The fourth-order valence-corrected chi connectivity index (χ4v) is 4.52. The summed E-state index contributed by atoms with van der Waals surface area (Å²) in [7, 11) is -3.59. The number of sulfonamides is 1. The van der Waals surface area contributed by atoms with E-state index in [4.69, 9.17) is 0 Å². The molecule has 3 rings (SSSR count). The van der Waals surface area contributed by atoms with Crippen molar-refractivity contribution in [3.63, 3.8) is 0 Å². The van der Waals surface area contributed by atoms with Crippen LogP contribution in [-0.4, -0.2) is 41.5 Å². The third-order valence-electron chi connectivity index (χ3n) is 3.98. The second-order valence-corrected chi connectivity index (χ2v) is 7.31. The van der Waals surface area contributed by atoms with Crippen LogP contribution >= 0.6 is 0 Å². The Morgan fingerprint density at radius 1 is 1.18 bits per heavy atom. The van der Waals surface area contributed by atoms with Crippen LogP contribution in [0.2, 0.25) is 0 Å². The molecular weight excluding hydrogens is 300 g/mol. The van der Waals surface area contributed by atoms with E-state index in [1.165, 1.54) is 4.31 Å². The lowest BCUT2D eigenvalue weighted by Gasteiger charge is -2.25. The summed E-state index contributed by atoms with van der Waals surface area (Å²) in [5, 5.41) is 10.2. The van der Waals surface area contributed by atoms with Crippen molar-refractivity contribution in [3.8, 4) is 0 Å². The Labute approximate surface area is 130 Å². The van der Waals surface area contributed by atoms with Gasteiger partial charge in [0.1, 0.15) is 0 Å². The van der Waals surface area contributed by atoms with Gasteiger partial charge in [0.25, 0.3) is 0 Å². The van der Waals surface area contributed by atoms with E-state index in [9.17, 15) is 13.5 Å². The first-order valence-electron chi connectivity index (χ1n) is 7.23. The van der Waals surface area contributed by atoms with Crippen LogP contribution in [0.1, 0.15) is 12.0 Å². The van der Waals surface area contributed by atoms with Crippen molar-refractivity contribution in [2.24, 2.45) is 0 Å². The average Bonchev–Trinajstić information content (AvgIpc) is 2.91. The number of hydrogen-bond acceptors (Lipinski definition) is 4. The van der Waals surface area contributed by atoms with Crippen LogP contribution in [-0.2, 0) is 16.4 Å². The maximum absolute atomic E-state index is 12.8. The lowest BCUT2D eigenvalue weighted by molar-refractivity contribution is 0.142.